The first-order valence-corrected chi connectivity index (χ1v) is 4.96. The quantitative estimate of drug-likeness (QED) is 0.191. The second-order valence-corrected chi connectivity index (χ2v) is 3.46. The highest BCUT2D eigenvalue weighted by Gasteiger charge is 2.04. The monoisotopic (exact) mass is 187 g/mol. The number of nitrogens with zero attached hydrogens (tertiary/aromatic N) is 1. The Morgan fingerprint density at radius 3 is 2.67 bits per heavy atom. The van der Waals surface area contributed by atoms with Crippen LogP contribution in [-0.2, 0) is 14.3 Å². The number of methoxy groups -OCH3 is 2. The minimum atomic E-state index is -0.106. The molecule has 0 unspecified atom stereocenters. The third kappa shape index (κ3) is 6.24. The molecule has 5 heteroatoms. The van der Waals surface area contributed by atoms with Crippen molar-refractivity contribution in [2.45, 2.75) is 18.4 Å². The average molecular weight is 187 g/mol. The summed E-state index contributed by atoms with van der Waals surface area (Å²) in [5.41, 5.74) is 0. The number of hydrogen-bond acceptors (Lipinski definition) is 4. The van der Waals surface area contributed by atoms with E-state index in [0.717, 1.165) is 12.5 Å². The first-order chi connectivity index (χ1) is 5.85. The number of hydrogen-bond donors (Lipinski definition) is 0. The maximum atomic E-state index is 9.68. The van der Waals surface area contributed by atoms with Crippen LogP contribution in [0.15, 0.2) is 4.99 Å². The lowest BCUT2D eigenvalue weighted by Gasteiger charge is -2.10. The van der Waals surface area contributed by atoms with Gasteiger partial charge in [0.25, 0.3) is 0 Å². The average Bonchev–Trinajstić information content (AvgIpc) is 2.11. The lowest BCUT2D eigenvalue weighted by molar-refractivity contribution is -0.0441. The molecule has 4 nitrogen and oxygen atoms in total. The smallest absolute Gasteiger partial charge is 0.234 e. The Morgan fingerprint density at radius 1 is 1.50 bits per heavy atom. The van der Waals surface area contributed by atoms with Crippen LogP contribution in [-0.4, -0.2) is 42.3 Å². The van der Waals surface area contributed by atoms with Gasteiger partial charge in [0.15, 0.2) is 0 Å². The van der Waals surface area contributed by atoms with Crippen molar-refractivity contribution >= 4 is 15.6 Å². The molecule has 2 radical (unpaired) electrons. The zero-order valence-corrected chi connectivity index (χ0v) is 8.37. The highest BCUT2D eigenvalue weighted by Crippen LogP contribution is 1.95. The van der Waals surface area contributed by atoms with E-state index in [4.69, 9.17) is 9.47 Å². The lowest BCUT2D eigenvalue weighted by atomic mass is 10.5. The van der Waals surface area contributed by atoms with Crippen LogP contribution in [0.2, 0.25) is 6.04 Å². The second kappa shape index (κ2) is 8.61. The molecule has 0 heterocycles. The fraction of sp³-hybridized carbons (Fsp3) is 0.857. The third-order valence-corrected chi connectivity index (χ3v) is 2.70. The first-order valence-electron chi connectivity index (χ1n) is 3.67. The zero-order valence-electron chi connectivity index (χ0n) is 7.37. The molecule has 0 aliphatic heterocycles. The summed E-state index contributed by atoms with van der Waals surface area (Å²) in [6.45, 7) is 0.552. The molecule has 0 bridgehead atoms. The Balaban J connectivity index is 3.22. The summed E-state index contributed by atoms with van der Waals surface area (Å²) in [7, 11) is 3.83. The van der Waals surface area contributed by atoms with E-state index in [2.05, 4.69) is 4.99 Å². The Morgan fingerprint density at radius 2 is 2.17 bits per heavy atom. The number of rotatable bonds is 7. The molecule has 0 N–H and O–H groups in total. The van der Waals surface area contributed by atoms with Crippen molar-refractivity contribution in [2.24, 2.45) is 4.99 Å². The van der Waals surface area contributed by atoms with Crippen molar-refractivity contribution in [3.63, 3.8) is 0 Å². The van der Waals surface area contributed by atoms with Crippen LogP contribution in [0, 0.1) is 0 Å². The summed E-state index contributed by atoms with van der Waals surface area (Å²) < 4.78 is 9.98. The molecule has 0 aliphatic rings. The maximum Gasteiger partial charge on any atom is 0.234 e. The Bertz CT molecular complexity index is 144. The predicted octanol–water partition coefficient (Wildman–Crippen LogP) is 0.411. The Labute approximate surface area is 74.8 Å². The molecule has 0 rings (SSSR count). The number of carbonyl (C=O) groups excluding carboxylic acids is 1. The summed E-state index contributed by atoms with van der Waals surface area (Å²) in [4.78, 5) is 13.1. The minimum Gasteiger partial charge on any atom is -0.360 e. The van der Waals surface area contributed by atoms with Gasteiger partial charge in [0.05, 0.1) is 6.54 Å². The highest BCUT2D eigenvalue weighted by atomic mass is 28.2. The van der Waals surface area contributed by atoms with Gasteiger partial charge in [0.2, 0.25) is 6.08 Å². The van der Waals surface area contributed by atoms with Gasteiger partial charge in [-0.2, -0.15) is 0 Å². The zero-order chi connectivity index (χ0) is 9.23. The van der Waals surface area contributed by atoms with Crippen molar-refractivity contribution in [1.82, 2.24) is 0 Å². The molecule has 68 valence electrons. The molecule has 0 saturated heterocycles. The van der Waals surface area contributed by atoms with Crippen molar-refractivity contribution in [2.75, 3.05) is 20.8 Å². The maximum absolute atomic E-state index is 9.68. The van der Waals surface area contributed by atoms with Gasteiger partial charge in [-0.3, -0.25) is 0 Å². The molecule has 0 fully saturated rings. The normalized spacial score (nSPS) is 9.92. The van der Waals surface area contributed by atoms with Crippen molar-refractivity contribution in [3.05, 3.63) is 0 Å². The Hall–Kier alpha value is -0.483. The van der Waals surface area contributed by atoms with Gasteiger partial charge in [0.1, 0.15) is 15.4 Å². The van der Waals surface area contributed by atoms with Gasteiger partial charge in [-0.05, 0) is 6.42 Å². The van der Waals surface area contributed by atoms with Gasteiger partial charge in [-0.25, -0.2) is 9.79 Å². The SMILES string of the molecule is COC(OC)[Si]CCCN=C=O. The standard InChI is InChI=1S/C7H13NO3Si/c1-10-7(11-2)12-5-3-4-8-6-9/h7H,3-5H2,1-2H3. The topological polar surface area (TPSA) is 47.9 Å². The van der Waals surface area contributed by atoms with E-state index in [1.165, 1.54) is 6.08 Å². The molecular formula is C7H13NO3Si. The van der Waals surface area contributed by atoms with Gasteiger partial charge in [0, 0.05) is 14.2 Å². The molecule has 0 amide bonds. The van der Waals surface area contributed by atoms with E-state index >= 15 is 0 Å². The van der Waals surface area contributed by atoms with Crippen molar-refractivity contribution < 1.29 is 14.3 Å². The van der Waals surface area contributed by atoms with Crippen molar-refractivity contribution in [3.8, 4) is 0 Å². The van der Waals surface area contributed by atoms with E-state index in [1.807, 2.05) is 0 Å². The molecule has 0 aromatic rings. The summed E-state index contributed by atoms with van der Waals surface area (Å²) in [5, 5.41) is 0. The van der Waals surface area contributed by atoms with E-state index in [1.54, 1.807) is 14.2 Å². The molecule has 0 saturated carbocycles. The minimum absolute atomic E-state index is 0.106. The number of isocyanates is 1. The van der Waals surface area contributed by atoms with E-state index in [9.17, 15) is 4.79 Å². The highest BCUT2D eigenvalue weighted by molar-refractivity contribution is 6.36. The number of ether oxygens (including phenoxy) is 2. The summed E-state index contributed by atoms with van der Waals surface area (Å²) in [6.07, 6.45) is 2.39. The molecule has 0 aromatic heterocycles. The third-order valence-electron chi connectivity index (χ3n) is 1.25. The van der Waals surface area contributed by atoms with Crippen LogP contribution >= 0.6 is 0 Å². The Kier molecular flexibility index (Phi) is 8.27. The number of aliphatic imine (C=N–C) groups is 1. The van der Waals surface area contributed by atoms with Crippen LogP contribution in [0.3, 0.4) is 0 Å². The molecule has 0 spiro atoms. The van der Waals surface area contributed by atoms with E-state index in [0.29, 0.717) is 16.1 Å². The van der Waals surface area contributed by atoms with Gasteiger partial charge in [-0.1, -0.05) is 6.04 Å². The fourth-order valence-corrected chi connectivity index (χ4v) is 1.62. The van der Waals surface area contributed by atoms with Crippen LogP contribution in [0.4, 0.5) is 0 Å². The first kappa shape index (κ1) is 11.5. The van der Waals surface area contributed by atoms with Crippen molar-refractivity contribution in [1.29, 1.82) is 0 Å². The molecule has 0 aliphatic carbocycles. The van der Waals surface area contributed by atoms with E-state index < -0.39 is 0 Å². The molecule has 0 atom stereocenters. The van der Waals surface area contributed by atoms with Gasteiger partial charge >= 0.3 is 0 Å². The summed E-state index contributed by atoms with van der Waals surface area (Å²) >= 11 is 0. The lowest BCUT2D eigenvalue weighted by Crippen LogP contribution is -2.21. The van der Waals surface area contributed by atoms with Gasteiger partial charge < -0.3 is 9.47 Å². The van der Waals surface area contributed by atoms with Crippen LogP contribution in [0.1, 0.15) is 6.42 Å². The predicted molar refractivity (Wildman–Crippen MR) is 46.0 cm³/mol. The molecule has 0 aromatic carbocycles. The second-order valence-electron chi connectivity index (χ2n) is 2.08. The van der Waals surface area contributed by atoms with Crippen LogP contribution in [0.5, 0.6) is 0 Å². The van der Waals surface area contributed by atoms with Crippen LogP contribution < -0.4 is 0 Å². The largest absolute Gasteiger partial charge is 0.360 e. The van der Waals surface area contributed by atoms with Crippen LogP contribution in [0.25, 0.3) is 0 Å². The molecule has 12 heavy (non-hydrogen) atoms. The summed E-state index contributed by atoms with van der Waals surface area (Å²) in [5.74, 6) is -0.106. The summed E-state index contributed by atoms with van der Waals surface area (Å²) in [6, 6.07) is 0.970. The van der Waals surface area contributed by atoms with Gasteiger partial charge in [-0.15, -0.1) is 0 Å². The van der Waals surface area contributed by atoms with E-state index in [-0.39, 0.29) is 5.91 Å². The molecular weight excluding hydrogens is 174 g/mol. The fourth-order valence-electron chi connectivity index (χ4n) is 0.687.